The normalized spacial score (nSPS) is 11.1. The second kappa shape index (κ2) is 6.57. The Morgan fingerprint density at radius 3 is 2.60 bits per heavy atom. The van der Waals surface area contributed by atoms with Crippen LogP contribution in [0.1, 0.15) is 25.2 Å². The van der Waals surface area contributed by atoms with Gasteiger partial charge in [0.1, 0.15) is 11.6 Å². The first-order chi connectivity index (χ1) is 9.54. The van der Waals surface area contributed by atoms with E-state index in [1.165, 1.54) is 12.1 Å². The fraction of sp³-hybridized carbons (Fsp3) is 0.375. The second-order valence-corrected chi connectivity index (χ2v) is 5.29. The average Bonchev–Trinajstić information content (AvgIpc) is 2.84. The van der Waals surface area contributed by atoms with Gasteiger partial charge in [0.2, 0.25) is 0 Å². The van der Waals surface area contributed by atoms with Gasteiger partial charge in [-0.3, -0.25) is 0 Å². The maximum atomic E-state index is 12.9. The molecule has 0 saturated carbocycles. The van der Waals surface area contributed by atoms with Crippen LogP contribution >= 0.6 is 0 Å². The molecule has 20 heavy (non-hydrogen) atoms. The molecule has 108 valence electrons. The Bertz CT molecular complexity index is 534. The first-order valence-electron chi connectivity index (χ1n) is 6.81. The van der Waals surface area contributed by atoms with Gasteiger partial charge in [-0.25, -0.2) is 4.39 Å². The molecule has 1 heterocycles. The van der Waals surface area contributed by atoms with Gasteiger partial charge < -0.3 is 14.6 Å². The second-order valence-electron chi connectivity index (χ2n) is 5.29. The molecule has 0 bridgehead atoms. The van der Waals surface area contributed by atoms with Crippen LogP contribution in [0.3, 0.4) is 0 Å². The van der Waals surface area contributed by atoms with Gasteiger partial charge in [-0.05, 0) is 30.3 Å². The highest BCUT2D eigenvalue weighted by Crippen LogP contribution is 2.17. The number of nitrogens with one attached hydrogen (secondary N) is 1. The molecule has 0 atom stereocenters. The molecule has 3 nitrogen and oxygen atoms in total. The van der Waals surface area contributed by atoms with E-state index in [1.807, 2.05) is 11.9 Å². The lowest BCUT2D eigenvalue weighted by Crippen LogP contribution is -2.21. The first-order valence-corrected chi connectivity index (χ1v) is 6.81. The third-order valence-electron chi connectivity index (χ3n) is 3.08. The van der Waals surface area contributed by atoms with Crippen LogP contribution in [0.25, 0.3) is 0 Å². The summed E-state index contributed by atoms with van der Waals surface area (Å²) in [5, 5.41) is 3.35. The number of furan rings is 1. The van der Waals surface area contributed by atoms with Crippen molar-refractivity contribution in [3.05, 3.63) is 53.7 Å². The monoisotopic (exact) mass is 276 g/mol. The lowest BCUT2D eigenvalue weighted by atomic mass is 10.2. The summed E-state index contributed by atoms with van der Waals surface area (Å²) in [6.45, 7) is 5.70. The maximum Gasteiger partial charge on any atom is 0.123 e. The number of hydrogen-bond donors (Lipinski definition) is 1. The van der Waals surface area contributed by atoms with E-state index in [9.17, 15) is 4.39 Å². The van der Waals surface area contributed by atoms with Crippen molar-refractivity contribution in [3.63, 3.8) is 0 Å². The quantitative estimate of drug-likeness (QED) is 0.874. The summed E-state index contributed by atoms with van der Waals surface area (Å²) in [6, 6.07) is 8.96. The van der Waals surface area contributed by atoms with E-state index in [0.29, 0.717) is 12.6 Å². The minimum atomic E-state index is -0.220. The molecule has 2 aromatic rings. The highest BCUT2D eigenvalue weighted by atomic mass is 19.1. The highest BCUT2D eigenvalue weighted by Gasteiger charge is 2.07. The predicted molar refractivity (Wildman–Crippen MR) is 79.2 cm³/mol. The van der Waals surface area contributed by atoms with Crippen molar-refractivity contribution in [2.75, 3.05) is 11.9 Å². The molecule has 0 aliphatic rings. The Balaban J connectivity index is 1.94. The zero-order valence-corrected chi connectivity index (χ0v) is 12.2. The van der Waals surface area contributed by atoms with Crippen LogP contribution in [-0.4, -0.2) is 13.1 Å². The third kappa shape index (κ3) is 4.10. The van der Waals surface area contributed by atoms with E-state index in [4.69, 9.17) is 4.42 Å². The highest BCUT2D eigenvalue weighted by molar-refractivity contribution is 5.45. The summed E-state index contributed by atoms with van der Waals surface area (Å²) in [6.07, 6.45) is 1.78. The molecule has 0 spiro atoms. The van der Waals surface area contributed by atoms with Crippen molar-refractivity contribution in [2.45, 2.75) is 33.0 Å². The molecule has 1 aromatic heterocycles. The van der Waals surface area contributed by atoms with Crippen molar-refractivity contribution in [1.82, 2.24) is 5.32 Å². The van der Waals surface area contributed by atoms with Crippen LogP contribution in [0.5, 0.6) is 0 Å². The Labute approximate surface area is 119 Å². The van der Waals surface area contributed by atoms with Crippen LogP contribution in [-0.2, 0) is 13.1 Å². The summed E-state index contributed by atoms with van der Waals surface area (Å²) in [5.41, 5.74) is 2.10. The molecule has 0 unspecified atom stereocenters. The maximum absolute atomic E-state index is 12.9. The van der Waals surface area contributed by atoms with Gasteiger partial charge in [0.05, 0.1) is 12.8 Å². The van der Waals surface area contributed by atoms with Gasteiger partial charge in [-0.1, -0.05) is 13.8 Å². The summed E-state index contributed by atoms with van der Waals surface area (Å²) >= 11 is 0. The summed E-state index contributed by atoms with van der Waals surface area (Å²) < 4.78 is 18.4. The van der Waals surface area contributed by atoms with E-state index < -0.39 is 0 Å². The van der Waals surface area contributed by atoms with E-state index in [1.54, 1.807) is 18.4 Å². The molecule has 0 amide bonds. The fourth-order valence-corrected chi connectivity index (χ4v) is 1.94. The van der Waals surface area contributed by atoms with Crippen molar-refractivity contribution in [1.29, 1.82) is 0 Å². The van der Waals surface area contributed by atoms with Gasteiger partial charge in [0, 0.05) is 30.9 Å². The number of anilines is 1. The zero-order chi connectivity index (χ0) is 14.5. The number of benzene rings is 1. The Hall–Kier alpha value is -1.81. The predicted octanol–water partition coefficient (Wildman–Crippen LogP) is 3.55. The fourth-order valence-electron chi connectivity index (χ4n) is 1.94. The summed E-state index contributed by atoms with van der Waals surface area (Å²) in [5.74, 6) is 0.680. The zero-order valence-electron chi connectivity index (χ0n) is 12.2. The molecule has 0 aliphatic carbocycles. The Kier molecular flexibility index (Phi) is 4.79. The van der Waals surface area contributed by atoms with Crippen molar-refractivity contribution >= 4 is 5.69 Å². The molecule has 2 rings (SSSR count). The van der Waals surface area contributed by atoms with Crippen LogP contribution in [0.15, 0.2) is 41.0 Å². The standard InChI is InChI=1S/C16H21FN2O/c1-12(2)18-9-13-8-16(20-11-13)10-19(3)15-6-4-14(17)5-7-15/h4-8,11-12,18H,9-10H2,1-3H3. The molecular weight excluding hydrogens is 255 g/mol. The molecule has 0 radical (unpaired) electrons. The molecular formula is C16H21FN2O. The lowest BCUT2D eigenvalue weighted by molar-refractivity contribution is 0.503. The Morgan fingerprint density at radius 1 is 1.25 bits per heavy atom. The van der Waals surface area contributed by atoms with Gasteiger partial charge in [-0.2, -0.15) is 0 Å². The number of hydrogen-bond acceptors (Lipinski definition) is 3. The molecule has 0 aliphatic heterocycles. The Morgan fingerprint density at radius 2 is 1.95 bits per heavy atom. The topological polar surface area (TPSA) is 28.4 Å². The van der Waals surface area contributed by atoms with E-state index in [2.05, 4.69) is 25.2 Å². The van der Waals surface area contributed by atoms with Crippen LogP contribution < -0.4 is 10.2 Å². The van der Waals surface area contributed by atoms with Gasteiger partial charge >= 0.3 is 0 Å². The van der Waals surface area contributed by atoms with Gasteiger partial charge in [-0.15, -0.1) is 0 Å². The van der Waals surface area contributed by atoms with Gasteiger partial charge in [0.25, 0.3) is 0 Å². The smallest absolute Gasteiger partial charge is 0.123 e. The SMILES string of the molecule is CC(C)NCc1coc(CN(C)c2ccc(F)cc2)c1. The number of nitrogens with zero attached hydrogens (tertiary/aromatic N) is 1. The molecule has 1 aromatic carbocycles. The van der Waals surface area contributed by atoms with E-state index >= 15 is 0 Å². The van der Waals surface area contributed by atoms with Crippen molar-refractivity contribution in [3.8, 4) is 0 Å². The van der Waals surface area contributed by atoms with Crippen molar-refractivity contribution in [2.24, 2.45) is 0 Å². The molecule has 0 saturated heterocycles. The van der Waals surface area contributed by atoms with Gasteiger partial charge in [0.15, 0.2) is 0 Å². The average molecular weight is 276 g/mol. The van der Waals surface area contributed by atoms with E-state index in [-0.39, 0.29) is 5.82 Å². The van der Waals surface area contributed by atoms with E-state index in [0.717, 1.165) is 23.6 Å². The summed E-state index contributed by atoms with van der Waals surface area (Å²) in [7, 11) is 1.96. The molecule has 0 fully saturated rings. The van der Waals surface area contributed by atoms with Crippen LogP contribution in [0, 0.1) is 5.82 Å². The third-order valence-corrected chi connectivity index (χ3v) is 3.08. The number of halogens is 1. The molecule has 4 heteroatoms. The first kappa shape index (κ1) is 14.6. The van der Waals surface area contributed by atoms with Crippen LogP contribution in [0.4, 0.5) is 10.1 Å². The van der Waals surface area contributed by atoms with Crippen molar-refractivity contribution < 1.29 is 8.81 Å². The largest absolute Gasteiger partial charge is 0.467 e. The molecule has 1 N–H and O–H groups in total. The number of rotatable bonds is 6. The van der Waals surface area contributed by atoms with Crippen LogP contribution in [0.2, 0.25) is 0 Å². The lowest BCUT2D eigenvalue weighted by Gasteiger charge is -2.17. The minimum absolute atomic E-state index is 0.220. The minimum Gasteiger partial charge on any atom is -0.467 e. The summed E-state index contributed by atoms with van der Waals surface area (Å²) in [4.78, 5) is 2.03.